The third-order valence-corrected chi connectivity index (χ3v) is 6.11. The predicted molar refractivity (Wildman–Crippen MR) is 128 cm³/mol. The van der Waals surface area contributed by atoms with Gasteiger partial charge in [-0.05, 0) is 67.8 Å². The molecule has 9 nitrogen and oxygen atoms in total. The molecule has 0 bridgehead atoms. The van der Waals surface area contributed by atoms with E-state index in [2.05, 4.69) is 21.6 Å². The smallest absolute Gasteiger partial charge is 0.234 e. The van der Waals surface area contributed by atoms with Crippen molar-refractivity contribution in [3.05, 3.63) is 59.4 Å². The number of hydrogen-bond donors (Lipinski definition) is 2. The van der Waals surface area contributed by atoms with Crippen molar-refractivity contribution in [3.8, 4) is 5.75 Å². The fourth-order valence-electron chi connectivity index (χ4n) is 3.64. The Balaban J connectivity index is 1.28. The van der Waals surface area contributed by atoms with Crippen molar-refractivity contribution in [1.29, 1.82) is 0 Å². The molecule has 0 aliphatic carbocycles. The summed E-state index contributed by atoms with van der Waals surface area (Å²) in [5, 5.41) is 11.4. The first-order chi connectivity index (χ1) is 15.9. The summed E-state index contributed by atoms with van der Waals surface area (Å²) in [6, 6.07) is 13.2. The Bertz CT molecular complexity index is 1140. The molecule has 33 heavy (non-hydrogen) atoms. The minimum atomic E-state index is -0.193. The summed E-state index contributed by atoms with van der Waals surface area (Å²) in [5.41, 5.74) is 3.73. The van der Waals surface area contributed by atoms with Crippen molar-refractivity contribution in [2.75, 3.05) is 28.4 Å². The zero-order valence-corrected chi connectivity index (χ0v) is 19.4. The second-order valence-electron chi connectivity index (χ2n) is 7.91. The molecule has 172 valence electrons. The second kappa shape index (κ2) is 9.95. The van der Waals surface area contributed by atoms with Crippen LogP contribution in [0, 0.1) is 13.8 Å². The molecule has 10 heteroatoms. The van der Waals surface area contributed by atoms with Gasteiger partial charge in [-0.25, -0.2) is 4.68 Å². The number of anilines is 2. The van der Waals surface area contributed by atoms with Gasteiger partial charge in [0.05, 0.1) is 5.75 Å². The third-order valence-electron chi connectivity index (χ3n) is 5.17. The summed E-state index contributed by atoms with van der Waals surface area (Å²) in [7, 11) is 0. The number of hydrogen-bond acceptors (Lipinski definition) is 7. The van der Waals surface area contributed by atoms with Crippen molar-refractivity contribution in [3.63, 3.8) is 0 Å². The highest BCUT2D eigenvalue weighted by Crippen LogP contribution is 2.23. The van der Waals surface area contributed by atoms with Crippen LogP contribution in [-0.4, -0.2) is 39.0 Å². The van der Waals surface area contributed by atoms with Crippen molar-refractivity contribution in [1.82, 2.24) is 14.9 Å². The molecule has 0 unspecified atom stereocenters. The van der Waals surface area contributed by atoms with Gasteiger partial charge in [0.25, 0.3) is 0 Å². The van der Waals surface area contributed by atoms with Crippen LogP contribution in [0.3, 0.4) is 0 Å². The zero-order chi connectivity index (χ0) is 23.4. The van der Waals surface area contributed by atoms with E-state index in [1.54, 1.807) is 17.0 Å². The molecule has 1 fully saturated rings. The highest BCUT2D eigenvalue weighted by atomic mass is 32.2. The van der Waals surface area contributed by atoms with E-state index in [1.807, 2.05) is 38.1 Å². The van der Waals surface area contributed by atoms with Crippen LogP contribution in [-0.2, 0) is 16.2 Å². The Hall–Kier alpha value is -3.53. The van der Waals surface area contributed by atoms with E-state index >= 15 is 0 Å². The van der Waals surface area contributed by atoms with Crippen LogP contribution in [0.2, 0.25) is 0 Å². The Morgan fingerprint density at radius 2 is 1.88 bits per heavy atom. The lowest BCUT2D eigenvalue weighted by molar-refractivity contribution is -0.117. The summed E-state index contributed by atoms with van der Waals surface area (Å²) in [6.45, 7) is 4.92. The van der Waals surface area contributed by atoms with E-state index in [-0.39, 0.29) is 24.2 Å². The summed E-state index contributed by atoms with van der Waals surface area (Å²) < 4.78 is 7.12. The Morgan fingerprint density at radius 3 is 2.55 bits per heavy atom. The molecule has 1 saturated heterocycles. The van der Waals surface area contributed by atoms with Crippen molar-refractivity contribution in [2.45, 2.75) is 38.5 Å². The summed E-state index contributed by atoms with van der Waals surface area (Å²) in [6.07, 6.45) is 1.46. The van der Waals surface area contributed by atoms with Crippen LogP contribution in [0.25, 0.3) is 0 Å². The number of nitrogens with zero attached hydrogens (tertiary/aromatic N) is 4. The van der Waals surface area contributed by atoms with Gasteiger partial charge in [-0.2, -0.15) is 0 Å². The van der Waals surface area contributed by atoms with Crippen LogP contribution in [0.4, 0.5) is 11.4 Å². The molecule has 0 radical (unpaired) electrons. The van der Waals surface area contributed by atoms with E-state index in [1.165, 1.54) is 16.4 Å². The van der Waals surface area contributed by atoms with Gasteiger partial charge in [0.1, 0.15) is 12.4 Å². The highest BCUT2D eigenvalue weighted by molar-refractivity contribution is 7.99. The van der Waals surface area contributed by atoms with Gasteiger partial charge in [-0.15, -0.1) is 10.2 Å². The molecule has 0 saturated carbocycles. The molecular formula is C23H26N6O3S. The summed E-state index contributed by atoms with van der Waals surface area (Å²) >= 11 is 1.19. The number of aryl methyl sites for hydroxylation is 2. The lowest BCUT2D eigenvalue weighted by Gasteiger charge is -2.16. The van der Waals surface area contributed by atoms with Gasteiger partial charge in [-0.1, -0.05) is 17.8 Å². The van der Waals surface area contributed by atoms with Crippen LogP contribution < -0.4 is 20.8 Å². The number of amides is 2. The number of nitrogens with one attached hydrogen (secondary N) is 1. The van der Waals surface area contributed by atoms with Crippen LogP contribution in [0.5, 0.6) is 5.75 Å². The number of carbonyl (C=O) groups is 2. The lowest BCUT2D eigenvalue weighted by Crippen LogP contribution is -2.23. The second-order valence-corrected chi connectivity index (χ2v) is 8.86. The maximum atomic E-state index is 12.4. The van der Waals surface area contributed by atoms with Crippen molar-refractivity contribution in [2.24, 2.45) is 0 Å². The number of rotatable bonds is 8. The molecule has 2 amide bonds. The molecule has 0 atom stereocenters. The van der Waals surface area contributed by atoms with Gasteiger partial charge < -0.3 is 20.8 Å². The number of ether oxygens (including phenoxy) is 1. The topological polar surface area (TPSA) is 115 Å². The Labute approximate surface area is 196 Å². The molecule has 2 heterocycles. The molecular weight excluding hydrogens is 440 g/mol. The van der Waals surface area contributed by atoms with Gasteiger partial charge in [0.2, 0.25) is 17.0 Å². The number of benzene rings is 2. The molecule has 4 rings (SSSR count). The van der Waals surface area contributed by atoms with Crippen LogP contribution in [0.1, 0.15) is 29.8 Å². The van der Waals surface area contributed by atoms with Gasteiger partial charge in [-0.3, -0.25) is 9.59 Å². The SMILES string of the molecule is Cc1cc(C)cc(OCc2nnc(SCC(=O)Nc3ccc(N4CCCC4=O)cc3)n2N)c1. The molecule has 3 N–H and O–H groups in total. The quantitative estimate of drug-likeness (QED) is 0.387. The fraction of sp³-hybridized carbons (Fsp3) is 0.304. The van der Waals surface area contributed by atoms with Crippen molar-refractivity contribution >= 4 is 35.0 Å². The summed E-state index contributed by atoms with van der Waals surface area (Å²) in [4.78, 5) is 26.0. The lowest BCUT2D eigenvalue weighted by atomic mass is 10.1. The molecule has 1 aromatic heterocycles. The fourth-order valence-corrected chi connectivity index (χ4v) is 4.32. The van der Waals surface area contributed by atoms with Crippen molar-refractivity contribution < 1.29 is 14.3 Å². The first-order valence-electron chi connectivity index (χ1n) is 10.6. The average Bonchev–Trinajstić information content (AvgIpc) is 3.36. The van der Waals surface area contributed by atoms with E-state index in [9.17, 15) is 9.59 Å². The monoisotopic (exact) mass is 466 g/mol. The van der Waals surface area contributed by atoms with Gasteiger partial charge >= 0.3 is 0 Å². The molecule has 3 aromatic rings. The first kappa shape index (κ1) is 22.7. The number of nitrogens with two attached hydrogens (primary N) is 1. The van der Waals surface area contributed by atoms with Gasteiger partial charge in [0.15, 0.2) is 5.82 Å². The zero-order valence-electron chi connectivity index (χ0n) is 18.6. The maximum Gasteiger partial charge on any atom is 0.234 e. The van der Waals surface area contributed by atoms with E-state index in [0.29, 0.717) is 23.1 Å². The number of aromatic nitrogens is 3. The largest absolute Gasteiger partial charge is 0.486 e. The Morgan fingerprint density at radius 1 is 1.15 bits per heavy atom. The maximum absolute atomic E-state index is 12.4. The third kappa shape index (κ3) is 5.64. The van der Waals surface area contributed by atoms with Crippen LogP contribution >= 0.6 is 11.8 Å². The Kier molecular flexibility index (Phi) is 6.83. The minimum Gasteiger partial charge on any atom is -0.486 e. The number of nitrogen functional groups attached to an aromatic ring is 1. The molecule has 1 aliphatic heterocycles. The summed E-state index contributed by atoms with van der Waals surface area (Å²) in [5.74, 6) is 7.35. The normalized spacial score (nSPS) is 13.4. The average molecular weight is 467 g/mol. The van der Waals surface area contributed by atoms with E-state index < -0.39 is 0 Å². The standard InChI is InChI=1S/C23H26N6O3S/c1-15-10-16(2)12-19(11-15)32-13-20-26-27-23(29(20)24)33-14-21(30)25-17-5-7-18(8-6-17)28-9-3-4-22(28)31/h5-8,10-12H,3-4,9,13-14,24H2,1-2H3,(H,25,30). The van der Waals surface area contributed by atoms with Gasteiger partial charge in [0, 0.05) is 24.3 Å². The van der Waals surface area contributed by atoms with E-state index in [0.717, 1.165) is 35.5 Å². The number of thioether (sulfide) groups is 1. The number of carbonyl (C=O) groups excluding carboxylic acids is 2. The van der Waals surface area contributed by atoms with E-state index in [4.69, 9.17) is 10.6 Å². The predicted octanol–water partition coefficient (Wildman–Crippen LogP) is 3.05. The molecule has 2 aromatic carbocycles. The highest BCUT2D eigenvalue weighted by Gasteiger charge is 2.21. The molecule has 1 aliphatic rings. The first-order valence-corrected chi connectivity index (χ1v) is 11.6. The molecule has 0 spiro atoms. The minimum absolute atomic E-state index is 0.125. The van der Waals surface area contributed by atoms with Crippen LogP contribution in [0.15, 0.2) is 47.6 Å².